The first-order valence-electron chi connectivity index (χ1n) is 6.67. The molecule has 1 heterocycles. The second-order valence-electron chi connectivity index (χ2n) is 5.04. The Labute approximate surface area is 128 Å². The van der Waals surface area contributed by atoms with Gasteiger partial charge in [-0.3, -0.25) is 4.79 Å². The summed E-state index contributed by atoms with van der Waals surface area (Å²) in [5, 5.41) is 4.30. The molecule has 2 aromatic rings. The molecule has 22 heavy (non-hydrogen) atoms. The number of benzene rings is 2. The summed E-state index contributed by atoms with van der Waals surface area (Å²) in [6, 6.07) is 16.2. The molecule has 0 spiro atoms. The predicted molar refractivity (Wildman–Crippen MR) is 83.4 cm³/mol. The van der Waals surface area contributed by atoms with Crippen LogP contribution in [-0.2, 0) is 10.0 Å². The van der Waals surface area contributed by atoms with Gasteiger partial charge >= 0.3 is 0 Å². The zero-order valence-corrected chi connectivity index (χ0v) is 12.7. The Morgan fingerprint density at radius 2 is 1.68 bits per heavy atom. The molecule has 7 heteroatoms. The van der Waals surface area contributed by atoms with E-state index in [0.717, 1.165) is 16.8 Å². The van der Waals surface area contributed by atoms with Crippen molar-refractivity contribution in [3.05, 3.63) is 65.7 Å². The number of hydrazine groups is 1. The second kappa shape index (κ2) is 5.43. The second-order valence-corrected chi connectivity index (χ2v) is 6.77. The molecule has 1 aliphatic heterocycles. The molecule has 0 aliphatic carbocycles. The maximum Gasteiger partial charge on any atom is 0.273 e. The van der Waals surface area contributed by atoms with Gasteiger partial charge in [0, 0.05) is 5.69 Å². The van der Waals surface area contributed by atoms with Gasteiger partial charge in [0.25, 0.3) is 5.91 Å². The summed E-state index contributed by atoms with van der Waals surface area (Å²) >= 11 is 0. The summed E-state index contributed by atoms with van der Waals surface area (Å²) in [4.78, 5) is 14.9. The zero-order valence-electron chi connectivity index (χ0n) is 11.9. The summed E-state index contributed by atoms with van der Waals surface area (Å²) in [6.45, 7) is 0. The normalized spacial score (nSPS) is 17.8. The first-order valence-corrected chi connectivity index (χ1v) is 8.56. The molecule has 0 fully saturated rings. The maximum absolute atomic E-state index is 12.6. The standard InChI is InChI=1S/C15H15N3O3S/c1-22(20,21)17-18-14(11-7-3-2-4-8-11)16-13-10-6-5-9-12(13)15(18)19/h2-10,14,16-17H,1H3/t14-/m1/s1. The smallest absolute Gasteiger partial charge is 0.273 e. The molecule has 1 amide bonds. The summed E-state index contributed by atoms with van der Waals surface area (Å²) < 4.78 is 23.2. The molecule has 2 N–H and O–H groups in total. The van der Waals surface area contributed by atoms with Crippen LogP contribution in [0.15, 0.2) is 54.6 Å². The maximum atomic E-state index is 12.6. The zero-order chi connectivity index (χ0) is 15.7. The van der Waals surface area contributed by atoms with Crippen molar-refractivity contribution >= 4 is 21.6 Å². The molecule has 0 saturated carbocycles. The quantitative estimate of drug-likeness (QED) is 0.903. The number of rotatable bonds is 3. The number of carbonyl (C=O) groups is 1. The van der Waals surface area contributed by atoms with E-state index in [1.54, 1.807) is 18.2 Å². The summed E-state index contributed by atoms with van der Waals surface area (Å²) in [6.07, 6.45) is 0.404. The van der Waals surface area contributed by atoms with E-state index in [9.17, 15) is 13.2 Å². The summed E-state index contributed by atoms with van der Waals surface area (Å²) in [7, 11) is -3.59. The van der Waals surface area contributed by atoms with Crippen molar-refractivity contribution in [2.45, 2.75) is 6.17 Å². The van der Waals surface area contributed by atoms with Crippen LogP contribution in [0.2, 0.25) is 0 Å². The van der Waals surface area contributed by atoms with Crippen molar-refractivity contribution in [1.82, 2.24) is 9.84 Å². The monoisotopic (exact) mass is 317 g/mol. The fourth-order valence-electron chi connectivity index (χ4n) is 2.39. The SMILES string of the molecule is CS(=O)(=O)NN1C(=O)c2ccccc2N[C@H]1c1ccccc1. The molecule has 0 saturated heterocycles. The summed E-state index contributed by atoms with van der Waals surface area (Å²) in [5.74, 6) is -0.395. The van der Waals surface area contributed by atoms with E-state index in [1.165, 1.54) is 0 Å². The van der Waals surface area contributed by atoms with Crippen LogP contribution in [0.25, 0.3) is 0 Å². The number of nitrogens with zero attached hydrogens (tertiary/aromatic N) is 1. The Morgan fingerprint density at radius 3 is 2.36 bits per heavy atom. The Balaban J connectivity index is 2.08. The van der Waals surface area contributed by atoms with Crippen LogP contribution in [0.5, 0.6) is 0 Å². The third-order valence-electron chi connectivity index (χ3n) is 3.31. The molecule has 6 nitrogen and oxygen atoms in total. The number of amides is 1. The van der Waals surface area contributed by atoms with Crippen molar-refractivity contribution < 1.29 is 13.2 Å². The number of anilines is 1. The van der Waals surface area contributed by atoms with Crippen LogP contribution in [0.4, 0.5) is 5.69 Å². The Morgan fingerprint density at radius 1 is 1.05 bits per heavy atom. The van der Waals surface area contributed by atoms with Crippen LogP contribution in [0.3, 0.4) is 0 Å². The molecular formula is C15H15N3O3S. The van der Waals surface area contributed by atoms with E-state index < -0.39 is 22.1 Å². The van der Waals surface area contributed by atoms with Crippen LogP contribution in [-0.4, -0.2) is 25.6 Å². The van der Waals surface area contributed by atoms with Gasteiger partial charge in [-0.1, -0.05) is 42.5 Å². The van der Waals surface area contributed by atoms with Crippen molar-refractivity contribution in [2.75, 3.05) is 11.6 Å². The van der Waals surface area contributed by atoms with Gasteiger partial charge in [-0.2, -0.15) is 0 Å². The van der Waals surface area contributed by atoms with E-state index in [1.807, 2.05) is 36.4 Å². The van der Waals surface area contributed by atoms with Gasteiger partial charge < -0.3 is 5.32 Å². The predicted octanol–water partition coefficient (Wildman–Crippen LogP) is 1.72. The van der Waals surface area contributed by atoms with Gasteiger partial charge in [-0.05, 0) is 17.7 Å². The molecule has 0 unspecified atom stereocenters. The lowest BCUT2D eigenvalue weighted by Gasteiger charge is -2.37. The van der Waals surface area contributed by atoms with Crippen molar-refractivity contribution in [3.8, 4) is 0 Å². The highest BCUT2D eigenvalue weighted by atomic mass is 32.2. The highest BCUT2D eigenvalue weighted by Crippen LogP contribution is 2.31. The fourth-order valence-corrected chi connectivity index (χ4v) is 2.94. The van der Waals surface area contributed by atoms with Gasteiger partial charge in [0.15, 0.2) is 0 Å². The van der Waals surface area contributed by atoms with Crippen LogP contribution >= 0.6 is 0 Å². The van der Waals surface area contributed by atoms with Gasteiger partial charge in [0.05, 0.1) is 11.8 Å². The lowest BCUT2D eigenvalue weighted by Crippen LogP contribution is -2.52. The third kappa shape index (κ3) is 2.81. The number of carbonyl (C=O) groups excluding carboxylic acids is 1. The lowest BCUT2D eigenvalue weighted by molar-refractivity contribution is 0.0633. The van der Waals surface area contributed by atoms with Crippen molar-refractivity contribution in [1.29, 1.82) is 0 Å². The number of hydrogen-bond donors (Lipinski definition) is 2. The minimum Gasteiger partial charge on any atom is -0.360 e. The van der Waals surface area contributed by atoms with Crippen molar-refractivity contribution in [3.63, 3.8) is 0 Å². The van der Waals surface area contributed by atoms with E-state index >= 15 is 0 Å². The van der Waals surface area contributed by atoms with E-state index in [2.05, 4.69) is 10.1 Å². The average Bonchev–Trinajstić information content (AvgIpc) is 2.50. The first kappa shape index (κ1) is 14.6. The number of sulfonamides is 1. The highest BCUT2D eigenvalue weighted by molar-refractivity contribution is 7.88. The molecule has 3 rings (SSSR count). The number of hydrogen-bond acceptors (Lipinski definition) is 4. The van der Waals surface area contributed by atoms with Crippen LogP contribution < -0.4 is 10.1 Å². The van der Waals surface area contributed by atoms with Gasteiger partial charge in [0.1, 0.15) is 6.17 Å². The Bertz CT molecular complexity index is 806. The minimum absolute atomic E-state index is 0.395. The number of para-hydroxylation sites is 1. The molecule has 114 valence electrons. The van der Waals surface area contributed by atoms with Gasteiger partial charge in [-0.25, -0.2) is 13.4 Å². The van der Waals surface area contributed by atoms with E-state index in [-0.39, 0.29) is 0 Å². The Hall–Kier alpha value is -2.38. The average molecular weight is 317 g/mol. The molecule has 0 bridgehead atoms. The van der Waals surface area contributed by atoms with Crippen molar-refractivity contribution in [2.24, 2.45) is 0 Å². The van der Waals surface area contributed by atoms with Gasteiger partial charge in [-0.15, -0.1) is 4.83 Å². The minimum atomic E-state index is -3.59. The third-order valence-corrected chi connectivity index (χ3v) is 3.83. The molecule has 1 atom stereocenters. The Kier molecular flexibility index (Phi) is 3.59. The number of nitrogens with one attached hydrogen (secondary N) is 2. The first-order chi connectivity index (χ1) is 10.5. The molecule has 0 aromatic heterocycles. The highest BCUT2D eigenvalue weighted by Gasteiger charge is 2.34. The molecular weight excluding hydrogens is 302 g/mol. The largest absolute Gasteiger partial charge is 0.360 e. The van der Waals surface area contributed by atoms with Crippen LogP contribution in [0.1, 0.15) is 22.1 Å². The topological polar surface area (TPSA) is 78.5 Å². The lowest BCUT2D eigenvalue weighted by atomic mass is 10.1. The van der Waals surface area contributed by atoms with E-state index in [0.29, 0.717) is 11.3 Å². The molecule has 0 radical (unpaired) electrons. The summed E-state index contributed by atoms with van der Waals surface area (Å²) in [5.41, 5.74) is 1.88. The molecule has 2 aromatic carbocycles. The molecule has 1 aliphatic rings. The van der Waals surface area contributed by atoms with E-state index in [4.69, 9.17) is 0 Å². The van der Waals surface area contributed by atoms with Crippen LogP contribution in [0, 0.1) is 0 Å². The fraction of sp³-hybridized carbons (Fsp3) is 0.133. The van der Waals surface area contributed by atoms with Gasteiger partial charge in [0.2, 0.25) is 10.0 Å². The number of fused-ring (bicyclic) bond motifs is 1.